The molecule has 1 aliphatic heterocycles. The Morgan fingerprint density at radius 3 is 2.96 bits per heavy atom. The van der Waals surface area contributed by atoms with Crippen molar-refractivity contribution >= 4 is 11.3 Å². The lowest BCUT2D eigenvalue weighted by molar-refractivity contribution is 0.252. The van der Waals surface area contributed by atoms with E-state index >= 15 is 0 Å². The van der Waals surface area contributed by atoms with Gasteiger partial charge in [0.1, 0.15) is 0 Å². The van der Waals surface area contributed by atoms with Gasteiger partial charge in [-0.2, -0.15) is 0 Å². The number of rotatable bonds is 6. The summed E-state index contributed by atoms with van der Waals surface area (Å²) in [6, 6.07) is 6.93. The Morgan fingerprint density at radius 2 is 2.12 bits per heavy atom. The highest BCUT2D eigenvalue weighted by atomic mass is 32.1. The van der Waals surface area contributed by atoms with E-state index in [9.17, 15) is 0 Å². The van der Waals surface area contributed by atoms with Crippen LogP contribution in [0, 0.1) is 0 Å². The average molecular weight is 359 g/mol. The van der Waals surface area contributed by atoms with Gasteiger partial charge in [-0.3, -0.25) is 4.90 Å². The minimum absolute atomic E-state index is 0.427. The van der Waals surface area contributed by atoms with E-state index in [1.54, 1.807) is 19.1 Å². The predicted molar refractivity (Wildman–Crippen MR) is 102 cm³/mol. The molecule has 4 nitrogen and oxygen atoms in total. The van der Waals surface area contributed by atoms with Gasteiger partial charge < -0.3 is 14.8 Å². The van der Waals surface area contributed by atoms with Crippen LogP contribution < -0.4 is 14.8 Å². The van der Waals surface area contributed by atoms with E-state index in [-0.39, 0.29) is 0 Å². The second kappa shape index (κ2) is 7.36. The Labute approximate surface area is 153 Å². The molecule has 1 aromatic heterocycles. The molecule has 0 fully saturated rings. The molecule has 1 aromatic carbocycles. The first-order chi connectivity index (χ1) is 12.3. The third kappa shape index (κ3) is 3.28. The van der Waals surface area contributed by atoms with Crippen molar-refractivity contribution < 1.29 is 9.47 Å². The number of fused-ring (bicyclic) bond motifs is 2. The topological polar surface area (TPSA) is 33.7 Å². The Hall–Kier alpha value is -1.56. The van der Waals surface area contributed by atoms with Gasteiger partial charge in [-0.25, -0.2) is 0 Å². The van der Waals surface area contributed by atoms with Crippen LogP contribution in [0.4, 0.5) is 0 Å². The van der Waals surface area contributed by atoms with Crippen molar-refractivity contribution in [2.45, 2.75) is 31.8 Å². The predicted octanol–water partition coefficient (Wildman–Crippen LogP) is 3.40. The molecule has 5 heteroatoms. The summed E-state index contributed by atoms with van der Waals surface area (Å²) in [6.07, 6.45) is 3.39. The number of nitrogens with one attached hydrogen (secondary N) is 1. The van der Waals surface area contributed by atoms with Crippen molar-refractivity contribution in [3.8, 4) is 11.5 Å². The van der Waals surface area contributed by atoms with E-state index < -0.39 is 0 Å². The lowest BCUT2D eigenvalue weighted by atomic mass is 10.1. The van der Waals surface area contributed by atoms with Gasteiger partial charge in [-0.1, -0.05) is 6.07 Å². The standard InChI is InChI=1S/C20H26N2O2S/c1-23-18-6-4-15-16(20(18)24-2)3-5-17(15)21-9-11-22-10-7-19-14(13-22)8-12-25-19/h4,6,8,12,17,21H,3,5,7,9-11,13H2,1-2H3/t17-/m0/s1. The van der Waals surface area contributed by atoms with Crippen LogP contribution in [0.15, 0.2) is 23.6 Å². The lowest BCUT2D eigenvalue weighted by Crippen LogP contribution is -2.36. The minimum Gasteiger partial charge on any atom is -0.493 e. The summed E-state index contributed by atoms with van der Waals surface area (Å²) in [6.45, 7) is 4.42. The van der Waals surface area contributed by atoms with Crippen LogP contribution in [0.1, 0.15) is 34.0 Å². The fourth-order valence-corrected chi connectivity index (χ4v) is 5.03. The first-order valence-electron chi connectivity index (χ1n) is 9.05. The second-order valence-corrected chi connectivity index (χ2v) is 7.81. The van der Waals surface area contributed by atoms with Crippen LogP contribution in [0.2, 0.25) is 0 Å². The van der Waals surface area contributed by atoms with E-state index in [0.717, 1.165) is 44.0 Å². The Bertz CT molecular complexity index is 743. The molecule has 1 aliphatic carbocycles. The highest BCUT2D eigenvalue weighted by Gasteiger charge is 2.27. The van der Waals surface area contributed by atoms with Crippen LogP contribution in [-0.2, 0) is 19.4 Å². The first kappa shape index (κ1) is 16.9. The highest BCUT2D eigenvalue weighted by Crippen LogP contribution is 2.42. The molecular weight excluding hydrogens is 332 g/mol. The third-order valence-electron chi connectivity index (χ3n) is 5.45. The van der Waals surface area contributed by atoms with Gasteiger partial charge in [0.15, 0.2) is 11.5 Å². The molecule has 1 N–H and O–H groups in total. The molecule has 0 spiro atoms. The highest BCUT2D eigenvalue weighted by molar-refractivity contribution is 7.10. The summed E-state index contributed by atoms with van der Waals surface area (Å²) < 4.78 is 11.0. The number of methoxy groups -OCH3 is 2. The fraction of sp³-hybridized carbons (Fsp3) is 0.500. The van der Waals surface area contributed by atoms with Crippen LogP contribution in [-0.4, -0.2) is 38.8 Å². The van der Waals surface area contributed by atoms with Crippen LogP contribution >= 0.6 is 11.3 Å². The van der Waals surface area contributed by atoms with E-state index in [2.05, 4.69) is 27.7 Å². The SMILES string of the molecule is COc1ccc2c(c1OC)CC[C@@H]2NCCN1CCc2sccc2C1. The molecular formula is C20H26N2O2S. The maximum atomic E-state index is 5.59. The van der Waals surface area contributed by atoms with Crippen LogP contribution in [0.25, 0.3) is 0 Å². The maximum Gasteiger partial charge on any atom is 0.164 e. The number of hydrogen-bond donors (Lipinski definition) is 1. The van der Waals surface area contributed by atoms with Crippen LogP contribution in [0.3, 0.4) is 0 Å². The number of ether oxygens (including phenoxy) is 2. The summed E-state index contributed by atoms with van der Waals surface area (Å²) in [5, 5.41) is 5.98. The molecule has 0 radical (unpaired) electrons. The van der Waals surface area contributed by atoms with Gasteiger partial charge >= 0.3 is 0 Å². The summed E-state index contributed by atoms with van der Waals surface area (Å²) in [7, 11) is 3.43. The van der Waals surface area contributed by atoms with Crippen molar-refractivity contribution in [1.82, 2.24) is 10.2 Å². The lowest BCUT2D eigenvalue weighted by Gasteiger charge is -2.27. The Balaban J connectivity index is 1.35. The molecule has 0 saturated carbocycles. The van der Waals surface area contributed by atoms with Crippen molar-refractivity contribution in [3.05, 3.63) is 45.1 Å². The normalized spacial score (nSPS) is 19.5. The zero-order valence-electron chi connectivity index (χ0n) is 15.0. The Kier molecular flexibility index (Phi) is 4.97. The number of benzene rings is 1. The van der Waals surface area contributed by atoms with Gasteiger partial charge in [0, 0.05) is 42.7 Å². The van der Waals surface area contributed by atoms with Gasteiger partial charge in [-0.15, -0.1) is 11.3 Å². The largest absolute Gasteiger partial charge is 0.493 e. The number of hydrogen-bond acceptors (Lipinski definition) is 5. The van der Waals surface area contributed by atoms with E-state index in [4.69, 9.17) is 9.47 Å². The molecule has 2 aliphatic rings. The van der Waals surface area contributed by atoms with Crippen molar-refractivity contribution in [1.29, 1.82) is 0 Å². The zero-order valence-corrected chi connectivity index (χ0v) is 15.8. The van der Waals surface area contributed by atoms with Crippen molar-refractivity contribution in [3.63, 3.8) is 0 Å². The zero-order chi connectivity index (χ0) is 17.2. The summed E-state index contributed by atoms with van der Waals surface area (Å²) >= 11 is 1.91. The molecule has 2 aromatic rings. The smallest absolute Gasteiger partial charge is 0.164 e. The number of thiophene rings is 1. The monoisotopic (exact) mass is 358 g/mol. The van der Waals surface area contributed by atoms with Gasteiger partial charge in [-0.05, 0) is 47.9 Å². The molecule has 1 atom stereocenters. The Morgan fingerprint density at radius 1 is 1.20 bits per heavy atom. The fourth-order valence-electron chi connectivity index (χ4n) is 4.14. The molecule has 25 heavy (non-hydrogen) atoms. The molecule has 0 amide bonds. The van der Waals surface area contributed by atoms with Crippen molar-refractivity contribution in [2.75, 3.05) is 33.9 Å². The summed E-state index contributed by atoms with van der Waals surface area (Å²) in [5.41, 5.74) is 4.20. The quantitative estimate of drug-likeness (QED) is 0.858. The van der Waals surface area contributed by atoms with Gasteiger partial charge in [0.25, 0.3) is 0 Å². The molecule has 134 valence electrons. The summed E-state index contributed by atoms with van der Waals surface area (Å²) in [4.78, 5) is 4.14. The van der Waals surface area contributed by atoms with Crippen molar-refractivity contribution in [2.24, 2.45) is 0 Å². The van der Waals surface area contributed by atoms with Crippen LogP contribution in [0.5, 0.6) is 11.5 Å². The number of nitrogens with zero attached hydrogens (tertiary/aromatic N) is 1. The molecule has 0 bridgehead atoms. The molecule has 0 unspecified atom stereocenters. The molecule has 2 heterocycles. The molecule has 0 saturated heterocycles. The third-order valence-corrected chi connectivity index (χ3v) is 6.47. The second-order valence-electron chi connectivity index (χ2n) is 6.81. The van der Waals surface area contributed by atoms with E-state index in [1.165, 1.54) is 29.7 Å². The molecule has 4 rings (SSSR count). The first-order valence-corrected chi connectivity index (χ1v) is 9.93. The minimum atomic E-state index is 0.427. The summed E-state index contributed by atoms with van der Waals surface area (Å²) in [5.74, 6) is 1.74. The average Bonchev–Trinajstić information content (AvgIpc) is 3.27. The van der Waals surface area contributed by atoms with E-state index in [0.29, 0.717) is 6.04 Å². The van der Waals surface area contributed by atoms with Gasteiger partial charge in [0.2, 0.25) is 0 Å². The van der Waals surface area contributed by atoms with E-state index in [1.807, 2.05) is 17.4 Å². The van der Waals surface area contributed by atoms with Gasteiger partial charge in [0.05, 0.1) is 14.2 Å². The maximum absolute atomic E-state index is 5.59.